The highest BCUT2D eigenvalue weighted by atomic mass is 16.5. The standard InChI is InChI=1S/C17H20N2O2/c1-12(2)16(18)17-15(9-8-14(10-20)19-17)21-11-13-6-4-3-5-7-13/h3-10,12,16H,11,18H2,1-2H3/t16-/m1/s1. The summed E-state index contributed by atoms with van der Waals surface area (Å²) in [6.07, 6.45) is 0.720. The van der Waals surface area contributed by atoms with Crippen molar-refractivity contribution in [1.29, 1.82) is 0 Å². The Morgan fingerprint density at radius 3 is 2.52 bits per heavy atom. The smallest absolute Gasteiger partial charge is 0.168 e. The zero-order valence-corrected chi connectivity index (χ0v) is 12.3. The Hall–Kier alpha value is -2.20. The van der Waals surface area contributed by atoms with Gasteiger partial charge in [-0.05, 0) is 23.6 Å². The van der Waals surface area contributed by atoms with Gasteiger partial charge in [0.2, 0.25) is 0 Å². The van der Waals surface area contributed by atoms with Gasteiger partial charge in [0.25, 0.3) is 0 Å². The lowest BCUT2D eigenvalue weighted by Gasteiger charge is -2.19. The third-order valence-electron chi connectivity index (χ3n) is 3.30. The highest BCUT2D eigenvalue weighted by molar-refractivity contribution is 5.72. The molecule has 0 amide bonds. The Bertz CT molecular complexity index is 597. The molecule has 0 aliphatic rings. The van der Waals surface area contributed by atoms with Crippen LogP contribution in [0.5, 0.6) is 5.75 Å². The second kappa shape index (κ2) is 6.99. The van der Waals surface area contributed by atoms with Crippen LogP contribution in [-0.4, -0.2) is 11.3 Å². The first-order chi connectivity index (χ1) is 10.1. The summed E-state index contributed by atoms with van der Waals surface area (Å²) in [5.74, 6) is 0.837. The fraction of sp³-hybridized carbons (Fsp3) is 0.294. The predicted molar refractivity (Wildman–Crippen MR) is 82.2 cm³/mol. The average Bonchev–Trinajstić information content (AvgIpc) is 2.53. The Morgan fingerprint density at radius 1 is 1.19 bits per heavy atom. The summed E-state index contributed by atoms with van der Waals surface area (Å²) in [5, 5.41) is 0. The minimum atomic E-state index is -0.268. The molecule has 4 nitrogen and oxygen atoms in total. The number of hydrogen-bond acceptors (Lipinski definition) is 4. The van der Waals surface area contributed by atoms with Gasteiger partial charge in [-0.2, -0.15) is 0 Å². The first-order valence-electron chi connectivity index (χ1n) is 7.00. The molecule has 0 saturated carbocycles. The van der Waals surface area contributed by atoms with Crippen molar-refractivity contribution in [3.8, 4) is 5.75 Å². The predicted octanol–water partition coefficient (Wildman–Crippen LogP) is 3.13. The van der Waals surface area contributed by atoms with Crippen LogP contribution in [0.1, 0.15) is 41.6 Å². The van der Waals surface area contributed by atoms with Crippen LogP contribution in [0.3, 0.4) is 0 Å². The number of hydrogen-bond donors (Lipinski definition) is 1. The molecule has 1 atom stereocenters. The van der Waals surface area contributed by atoms with E-state index in [1.54, 1.807) is 12.1 Å². The molecule has 0 unspecified atom stereocenters. The number of nitrogens with two attached hydrogens (primary N) is 1. The summed E-state index contributed by atoms with van der Waals surface area (Å²) in [7, 11) is 0. The Kier molecular flexibility index (Phi) is 5.06. The van der Waals surface area contributed by atoms with Gasteiger partial charge in [-0.1, -0.05) is 44.2 Å². The quantitative estimate of drug-likeness (QED) is 0.828. The van der Waals surface area contributed by atoms with Crippen LogP contribution >= 0.6 is 0 Å². The number of carbonyl (C=O) groups excluding carboxylic acids is 1. The number of benzene rings is 1. The molecule has 2 N–H and O–H groups in total. The lowest BCUT2D eigenvalue weighted by Crippen LogP contribution is -2.20. The third-order valence-corrected chi connectivity index (χ3v) is 3.30. The van der Waals surface area contributed by atoms with Gasteiger partial charge in [0.15, 0.2) is 6.29 Å². The summed E-state index contributed by atoms with van der Waals surface area (Å²) >= 11 is 0. The maximum absolute atomic E-state index is 10.9. The zero-order chi connectivity index (χ0) is 15.2. The molecule has 0 fully saturated rings. The summed E-state index contributed by atoms with van der Waals surface area (Å²) in [5.41, 5.74) is 8.24. The molecule has 0 radical (unpaired) electrons. The van der Waals surface area contributed by atoms with E-state index < -0.39 is 0 Å². The van der Waals surface area contributed by atoms with Gasteiger partial charge in [0.05, 0.1) is 6.04 Å². The van der Waals surface area contributed by atoms with Crippen LogP contribution in [0.4, 0.5) is 0 Å². The number of pyridine rings is 1. The normalized spacial score (nSPS) is 12.2. The first kappa shape index (κ1) is 15.2. The molecule has 0 bridgehead atoms. The first-order valence-corrected chi connectivity index (χ1v) is 7.00. The van der Waals surface area contributed by atoms with Crippen molar-refractivity contribution >= 4 is 6.29 Å². The van der Waals surface area contributed by atoms with Gasteiger partial charge >= 0.3 is 0 Å². The van der Waals surface area contributed by atoms with Crippen molar-refractivity contribution in [3.05, 3.63) is 59.4 Å². The molecule has 0 saturated heterocycles. The number of aromatic nitrogens is 1. The highest BCUT2D eigenvalue weighted by Gasteiger charge is 2.18. The van der Waals surface area contributed by atoms with E-state index in [-0.39, 0.29) is 12.0 Å². The molecule has 2 aromatic rings. The van der Waals surface area contributed by atoms with E-state index >= 15 is 0 Å². The summed E-state index contributed by atoms with van der Waals surface area (Å²) in [6, 6.07) is 13.0. The van der Waals surface area contributed by atoms with Crippen LogP contribution in [0.25, 0.3) is 0 Å². The highest BCUT2D eigenvalue weighted by Crippen LogP contribution is 2.27. The zero-order valence-electron chi connectivity index (χ0n) is 12.3. The second-order valence-electron chi connectivity index (χ2n) is 5.28. The van der Waals surface area contributed by atoms with Crippen molar-refractivity contribution in [2.75, 3.05) is 0 Å². The lowest BCUT2D eigenvalue weighted by molar-refractivity contribution is 0.111. The molecule has 110 valence electrons. The van der Waals surface area contributed by atoms with Gasteiger partial charge < -0.3 is 10.5 Å². The minimum Gasteiger partial charge on any atom is -0.487 e. The number of carbonyl (C=O) groups is 1. The van der Waals surface area contributed by atoms with Gasteiger partial charge in [-0.15, -0.1) is 0 Å². The summed E-state index contributed by atoms with van der Waals surface area (Å²) < 4.78 is 5.84. The van der Waals surface area contributed by atoms with Crippen LogP contribution in [0, 0.1) is 5.92 Å². The number of rotatable bonds is 6. The monoisotopic (exact) mass is 284 g/mol. The Morgan fingerprint density at radius 2 is 1.90 bits per heavy atom. The van der Waals surface area contributed by atoms with Crippen molar-refractivity contribution in [2.24, 2.45) is 11.7 Å². The molecule has 4 heteroatoms. The fourth-order valence-corrected chi connectivity index (χ4v) is 1.96. The molecule has 1 heterocycles. The van der Waals surface area contributed by atoms with Crippen molar-refractivity contribution in [2.45, 2.75) is 26.5 Å². The van der Waals surface area contributed by atoms with E-state index in [1.165, 1.54) is 0 Å². The lowest BCUT2D eigenvalue weighted by atomic mass is 10.0. The van der Waals surface area contributed by atoms with Gasteiger partial charge in [0.1, 0.15) is 23.7 Å². The van der Waals surface area contributed by atoms with E-state index in [4.69, 9.17) is 10.5 Å². The average molecular weight is 284 g/mol. The van der Waals surface area contributed by atoms with Crippen molar-refractivity contribution in [3.63, 3.8) is 0 Å². The number of aldehydes is 1. The van der Waals surface area contributed by atoms with E-state index in [1.807, 2.05) is 44.2 Å². The van der Waals surface area contributed by atoms with E-state index in [0.717, 1.165) is 11.8 Å². The fourth-order valence-electron chi connectivity index (χ4n) is 1.96. The minimum absolute atomic E-state index is 0.207. The van der Waals surface area contributed by atoms with Crippen LogP contribution in [0.2, 0.25) is 0 Å². The molecule has 1 aromatic heterocycles. The van der Waals surface area contributed by atoms with Gasteiger partial charge in [0, 0.05) is 0 Å². The molecule has 0 aliphatic heterocycles. The molecule has 1 aromatic carbocycles. The molecular formula is C17H20N2O2. The van der Waals surface area contributed by atoms with Crippen molar-refractivity contribution < 1.29 is 9.53 Å². The Labute approximate surface area is 125 Å². The van der Waals surface area contributed by atoms with E-state index in [0.29, 0.717) is 23.7 Å². The SMILES string of the molecule is CC(C)[C@@H](N)c1nc(C=O)ccc1OCc1ccccc1. The molecular weight excluding hydrogens is 264 g/mol. The van der Waals surface area contributed by atoms with Crippen LogP contribution in [0.15, 0.2) is 42.5 Å². The number of ether oxygens (including phenoxy) is 1. The van der Waals surface area contributed by atoms with Crippen LogP contribution < -0.4 is 10.5 Å². The summed E-state index contributed by atoms with van der Waals surface area (Å²) in [4.78, 5) is 15.2. The third kappa shape index (κ3) is 3.89. The summed E-state index contributed by atoms with van der Waals surface area (Å²) in [6.45, 7) is 4.47. The maximum Gasteiger partial charge on any atom is 0.168 e. The topological polar surface area (TPSA) is 65.2 Å². The molecule has 21 heavy (non-hydrogen) atoms. The molecule has 0 aliphatic carbocycles. The number of nitrogens with zero attached hydrogens (tertiary/aromatic N) is 1. The van der Waals surface area contributed by atoms with Gasteiger partial charge in [-0.25, -0.2) is 4.98 Å². The largest absolute Gasteiger partial charge is 0.487 e. The molecule has 0 spiro atoms. The second-order valence-corrected chi connectivity index (χ2v) is 5.28. The van der Waals surface area contributed by atoms with Gasteiger partial charge in [-0.3, -0.25) is 4.79 Å². The van der Waals surface area contributed by atoms with E-state index in [2.05, 4.69) is 4.98 Å². The molecule has 2 rings (SSSR count). The maximum atomic E-state index is 10.9. The Balaban J connectivity index is 2.23. The van der Waals surface area contributed by atoms with Crippen LogP contribution in [-0.2, 0) is 6.61 Å². The van der Waals surface area contributed by atoms with Crippen molar-refractivity contribution in [1.82, 2.24) is 4.98 Å². The van der Waals surface area contributed by atoms with E-state index in [9.17, 15) is 4.79 Å².